The van der Waals surface area contributed by atoms with Gasteiger partial charge in [0.25, 0.3) is 0 Å². The van der Waals surface area contributed by atoms with Crippen LogP contribution < -0.4 is 20.7 Å². The standard InChI is InChI=1S/C57H68ClN9O8S2/c1-33(2)52-64-65-53-44(62-49(38-15-17-40(58)18-16-38)48-34(3)36(5)77-56(48)67(52)53)28-46(69)61-41-19-21-43(22-20-41)75-26-10-24-73-23-9-25-74-31-47(70)63-51(57(6,7)8)55(72)66-30-42(68)27-45(66)54(71)59-29-37-11-13-39(14-12-37)50-35(4)60-32-76-50/h11-22,32-33,42,44-45,51,68H,9-10,23-31H2,1-8H3,(H,59,71)(H,61,69)(H,63,70)/t42-,44+,45+,51-/m1/s1. The van der Waals surface area contributed by atoms with Crippen LogP contribution in [0.3, 0.4) is 0 Å². The Labute approximate surface area is 462 Å². The molecule has 3 aromatic heterocycles. The summed E-state index contributed by atoms with van der Waals surface area (Å²) in [6, 6.07) is 20.2. The Bertz CT molecular complexity index is 3060. The highest BCUT2D eigenvalue weighted by Gasteiger charge is 2.44. The zero-order valence-corrected chi connectivity index (χ0v) is 47.2. The van der Waals surface area contributed by atoms with Crippen molar-refractivity contribution >= 4 is 69.3 Å². The Kier molecular flexibility index (Phi) is 18.8. The number of nitrogens with zero attached hydrogens (tertiary/aromatic N) is 6. The van der Waals surface area contributed by atoms with Crippen molar-refractivity contribution in [3.05, 3.63) is 128 Å². The number of aromatic nitrogens is 4. The number of hydrogen-bond donors (Lipinski definition) is 4. The molecule has 0 spiro atoms. The summed E-state index contributed by atoms with van der Waals surface area (Å²) in [4.78, 5) is 67.5. The number of ether oxygens (including phenoxy) is 3. The van der Waals surface area contributed by atoms with Crippen LogP contribution in [0.15, 0.2) is 83.3 Å². The molecule has 8 rings (SSSR count). The summed E-state index contributed by atoms with van der Waals surface area (Å²) in [7, 11) is 0. The van der Waals surface area contributed by atoms with E-state index in [1.807, 2.05) is 81.7 Å². The van der Waals surface area contributed by atoms with Gasteiger partial charge in [-0.15, -0.1) is 32.9 Å². The summed E-state index contributed by atoms with van der Waals surface area (Å²) in [6.07, 6.45) is 0.448. The van der Waals surface area contributed by atoms with Gasteiger partial charge < -0.3 is 40.2 Å². The van der Waals surface area contributed by atoms with Crippen molar-refractivity contribution in [3.63, 3.8) is 0 Å². The Morgan fingerprint density at radius 3 is 2.23 bits per heavy atom. The number of aliphatic hydroxyl groups excluding tert-OH is 1. The molecule has 0 aliphatic carbocycles. The van der Waals surface area contributed by atoms with E-state index < -0.39 is 41.5 Å². The maximum Gasteiger partial charge on any atom is 0.246 e. The van der Waals surface area contributed by atoms with E-state index in [9.17, 15) is 24.3 Å². The predicted molar refractivity (Wildman–Crippen MR) is 300 cm³/mol. The molecule has 2 aliphatic heterocycles. The highest BCUT2D eigenvalue weighted by molar-refractivity contribution is 7.15. The lowest BCUT2D eigenvalue weighted by Gasteiger charge is -2.35. The summed E-state index contributed by atoms with van der Waals surface area (Å²) < 4.78 is 19.4. The van der Waals surface area contributed by atoms with Crippen molar-refractivity contribution in [2.24, 2.45) is 10.4 Å². The molecule has 0 radical (unpaired) electrons. The molecule has 0 saturated carbocycles. The lowest BCUT2D eigenvalue weighted by molar-refractivity contribution is -0.144. The summed E-state index contributed by atoms with van der Waals surface area (Å²) >= 11 is 9.54. The number of amides is 4. The number of benzene rings is 3. The molecular weight excluding hydrogens is 1040 g/mol. The highest BCUT2D eigenvalue weighted by atomic mass is 35.5. The minimum Gasteiger partial charge on any atom is -0.494 e. The van der Waals surface area contributed by atoms with Crippen molar-refractivity contribution in [3.8, 4) is 21.2 Å². The van der Waals surface area contributed by atoms with Gasteiger partial charge in [0.05, 0.1) is 40.9 Å². The topological polar surface area (TPSA) is 211 Å². The van der Waals surface area contributed by atoms with Crippen molar-refractivity contribution in [1.82, 2.24) is 35.3 Å². The number of β-amino-alcohol motifs (C(OH)–C–C–N with tert-alkyl or cyclic N) is 1. The van der Waals surface area contributed by atoms with Gasteiger partial charge in [0.1, 0.15) is 41.3 Å². The molecular formula is C57H68ClN9O8S2. The van der Waals surface area contributed by atoms with E-state index in [-0.39, 0.29) is 56.9 Å². The summed E-state index contributed by atoms with van der Waals surface area (Å²) in [5, 5.41) is 30.2. The van der Waals surface area contributed by atoms with Gasteiger partial charge in [0, 0.05) is 78.4 Å². The molecule has 4 amide bonds. The highest BCUT2D eigenvalue weighted by Crippen LogP contribution is 2.41. The number of anilines is 1. The van der Waals surface area contributed by atoms with Crippen molar-refractivity contribution < 1.29 is 38.5 Å². The zero-order valence-electron chi connectivity index (χ0n) is 44.9. The van der Waals surface area contributed by atoms with Crippen LogP contribution in [0.1, 0.15) is 117 Å². The maximum atomic E-state index is 14.0. The first-order valence-electron chi connectivity index (χ1n) is 26.0. The van der Waals surface area contributed by atoms with Gasteiger partial charge in [-0.05, 0) is 85.7 Å². The predicted octanol–water partition coefficient (Wildman–Crippen LogP) is 9.08. The number of aliphatic hydroxyl groups is 1. The van der Waals surface area contributed by atoms with Crippen LogP contribution in [-0.4, -0.2) is 117 Å². The number of hydrogen-bond acceptors (Lipinski definition) is 14. The van der Waals surface area contributed by atoms with Crippen LogP contribution in [0.5, 0.6) is 5.75 Å². The molecule has 1 saturated heterocycles. The van der Waals surface area contributed by atoms with Gasteiger partial charge in [-0.2, -0.15) is 0 Å². The molecule has 0 unspecified atom stereocenters. The largest absolute Gasteiger partial charge is 0.494 e. The van der Waals surface area contributed by atoms with Crippen LogP contribution in [0, 0.1) is 26.2 Å². The fraction of sp³-hybridized carbons (Fsp3) is 0.439. The second kappa shape index (κ2) is 25.4. The molecule has 2 aliphatic rings. The van der Waals surface area contributed by atoms with Gasteiger partial charge >= 0.3 is 0 Å². The summed E-state index contributed by atoms with van der Waals surface area (Å²) in [6.45, 7) is 17.4. The van der Waals surface area contributed by atoms with E-state index in [1.54, 1.807) is 46.9 Å². The fourth-order valence-electron chi connectivity index (χ4n) is 9.28. The Balaban J connectivity index is 0.733. The number of carbonyl (C=O) groups is 4. The first kappa shape index (κ1) is 56.8. The minimum atomic E-state index is -0.964. The van der Waals surface area contributed by atoms with Crippen LogP contribution in [0.2, 0.25) is 5.02 Å². The smallest absolute Gasteiger partial charge is 0.246 e. The number of aryl methyl sites for hydroxylation is 2. The molecule has 20 heteroatoms. The second-order valence-electron chi connectivity index (χ2n) is 20.8. The average Bonchev–Trinajstić information content (AvgIpc) is 4.35. The van der Waals surface area contributed by atoms with E-state index in [0.717, 1.165) is 54.9 Å². The summed E-state index contributed by atoms with van der Waals surface area (Å²) in [5.74, 6) is 0.670. The normalized spacial score (nSPS) is 16.6. The molecule has 4 N–H and O–H groups in total. The van der Waals surface area contributed by atoms with Gasteiger partial charge in [-0.1, -0.05) is 82.6 Å². The summed E-state index contributed by atoms with van der Waals surface area (Å²) in [5.41, 5.74) is 8.45. The first-order chi connectivity index (χ1) is 36.9. The van der Waals surface area contributed by atoms with Crippen molar-refractivity contribution in [1.29, 1.82) is 0 Å². The number of halogens is 1. The number of carbonyl (C=O) groups excluding carboxylic acids is 4. The molecule has 408 valence electrons. The molecule has 5 heterocycles. The first-order valence-corrected chi connectivity index (χ1v) is 28.1. The number of thiazole rings is 1. The van der Waals surface area contributed by atoms with E-state index in [0.29, 0.717) is 54.9 Å². The maximum absolute atomic E-state index is 14.0. The number of aliphatic imine (C=N–C) groups is 1. The van der Waals surface area contributed by atoms with Crippen LogP contribution in [-0.2, 0) is 35.2 Å². The number of likely N-dealkylation sites (tertiary alicyclic amines) is 1. The average molecular weight is 1110 g/mol. The number of rotatable bonds is 22. The Morgan fingerprint density at radius 1 is 0.870 bits per heavy atom. The lowest BCUT2D eigenvalue weighted by atomic mass is 9.85. The third kappa shape index (κ3) is 14.0. The fourth-order valence-corrected chi connectivity index (χ4v) is 11.4. The molecule has 17 nitrogen and oxygen atoms in total. The lowest BCUT2D eigenvalue weighted by Crippen LogP contribution is -2.58. The number of nitrogens with one attached hydrogen (secondary N) is 3. The minimum absolute atomic E-state index is 0.0180. The third-order valence-corrected chi connectivity index (χ3v) is 15.9. The van der Waals surface area contributed by atoms with Gasteiger partial charge in [0.2, 0.25) is 23.6 Å². The second-order valence-corrected chi connectivity index (χ2v) is 23.3. The molecule has 0 bridgehead atoms. The quantitative estimate of drug-likeness (QED) is 0.0471. The van der Waals surface area contributed by atoms with E-state index in [4.69, 9.17) is 30.8 Å². The number of fused-ring (bicyclic) bond motifs is 3. The molecule has 1 fully saturated rings. The van der Waals surface area contributed by atoms with Gasteiger partial charge in [0.15, 0.2) is 5.82 Å². The Hall–Kier alpha value is -6.35. The van der Waals surface area contributed by atoms with Crippen molar-refractivity contribution in [2.75, 3.05) is 44.9 Å². The van der Waals surface area contributed by atoms with Gasteiger partial charge in [-0.25, -0.2) is 4.98 Å². The molecule has 77 heavy (non-hydrogen) atoms. The molecule has 3 aromatic carbocycles. The molecule has 4 atom stereocenters. The van der Waals surface area contributed by atoms with Gasteiger partial charge in [-0.3, -0.25) is 28.7 Å². The van der Waals surface area contributed by atoms with Crippen LogP contribution in [0.25, 0.3) is 15.4 Å². The van der Waals surface area contributed by atoms with Crippen LogP contribution >= 0.6 is 34.3 Å². The SMILES string of the molecule is Cc1ncsc1-c1ccc(CNC(=O)[C@@H]2C[C@@H](O)CN2C(=O)[C@@H](NC(=O)COCCCOCCCOc2ccc(NC(=O)C[C@@H]3N=C(c4ccc(Cl)cc4)c4c(sc(C)c4C)-n4c(C(C)C)nnc43)cc2)C(C)(C)C)cc1. The van der Waals surface area contributed by atoms with Crippen molar-refractivity contribution in [2.45, 2.75) is 118 Å². The number of thiophene rings is 1. The Morgan fingerprint density at radius 2 is 1.56 bits per heavy atom. The third-order valence-electron chi connectivity index (χ3n) is 13.5. The molecule has 6 aromatic rings. The monoisotopic (exact) mass is 1110 g/mol. The van der Waals surface area contributed by atoms with E-state index in [1.165, 1.54) is 9.78 Å². The van der Waals surface area contributed by atoms with E-state index >= 15 is 0 Å². The van der Waals surface area contributed by atoms with Crippen LogP contribution in [0.4, 0.5) is 5.69 Å². The van der Waals surface area contributed by atoms with E-state index in [2.05, 4.69) is 63.4 Å². The zero-order chi connectivity index (χ0) is 55.0.